The molecule has 100 valence electrons. The van der Waals surface area contributed by atoms with Crippen LogP contribution in [0.4, 0.5) is 8.78 Å². The van der Waals surface area contributed by atoms with E-state index in [-0.39, 0.29) is 30.9 Å². The first-order chi connectivity index (χ1) is 8.02. The van der Waals surface area contributed by atoms with Crippen LogP contribution in [0.15, 0.2) is 0 Å². The molecular weight excluding hydrogens is 224 g/mol. The molecule has 2 saturated carbocycles. The molecule has 0 radical (unpaired) electrons. The van der Waals surface area contributed by atoms with Crippen molar-refractivity contribution in [2.45, 2.75) is 63.0 Å². The predicted molar refractivity (Wildman–Crippen MR) is 63.0 cm³/mol. The van der Waals surface area contributed by atoms with Gasteiger partial charge in [0.1, 0.15) is 0 Å². The lowest BCUT2D eigenvalue weighted by Gasteiger charge is -2.32. The van der Waals surface area contributed by atoms with E-state index in [0.717, 1.165) is 6.42 Å². The molecule has 0 aromatic rings. The highest BCUT2D eigenvalue weighted by Crippen LogP contribution is 2.41. The number of nitrogens with two attached hydrogens (primary N) is 1. The van der Waals surface area contributed by atoms with Crippen LogP contribution in [0.25, 0.3) is 0 Å². The smallest absolute Gasteiger partial charge is 0.248 e. The molecule has 0 aromatic carbocycles. The average Bonchev–Trinajstić information content (AvgIpc) is 3.01. The fraction of sp³-hybridized carbons (Fsp3) is 1.00. The summed E-state index contributed by atoms with van der Waals surface area (Å²) in [7, 11) is 1.68. The zero-order valence-corrected chi connectivity index (χ0v) is 10.5. The summed E-state index contributed by atoms with van der Waals surface area (Å²) in [5.41, 5.74) is 6.12. The van der Waals surface area contributed by atoms with E-state index >= 15 is 0 Å². The van der Waals surface area contributed by atoms with Crippen LogP contribution >= 0.6 is 0 Å². The minimum Gasteiger partial charge on any atom is -0.380 e. The largest absolute Gasteiger partial charge is 0.380 e. The number of halogens is 2. The van der Waals surface area contributed by atoms with Gasteiger partial charge in [0.15, 0.2) is 0 Å². The van der Waals surface area contributed by atoms with E-state index in [1.54, 1.807) is 7.11 Å². The maximum absolute atomic E-state index is 13.3. The van der Waals surface area contributed by atoms with Crippen LogP contribution in [0.2, 0.25) is 0 Å². The molecule has 2 rings (SSSR count). The number of alkyl halides is 2. The van der Waals surface area contributed by atoms with Crippen molar-refractivity contribution < 1.29 is 13.5 Å². The van der Waals surface area contributed by atoms with Crippen molar-refractivity contribution in [1.82, 2.24) is 0 Å². The minimum absolute atomic E-state index is 0.0157. The summed E-state index contributed by atoms with van der Waals surface area (Å²) in [6.45, 7) is 0. The summed E-state index contributed by atoms with van der Waals surface area (Å²) >= 11 is 0. The molecule has 0 bridgehead atoms. The Bertz CT molecular complexity index is 256. The first-order valence-corrected chi connectivity index (χ1v) is 6.68. The van der Waals surface area contributed by atoms with E-state index in [1.165, 1.54) is 12.8 Å². The lowest BCUT2D eigenvalue weighted by atomic mass is 9.81. The third kappa shape index (κ3) is 3.62. The zero-order chi connectivity index (χ0) is 12.5. The third-order valence-corrected chi connectivity index (χ3v) is 4.13. The number of hydrogen-bond donors (Lipinski definition) is 1. The standard InChI is InChI=1S/C13H23F2NO/c1-17-12(10-4-5-10)11(16)7-9-3-2-6-13(14,15)8-9/h9-12H,2-8,16H2,1H3. The van der Waals surface area contributed by atoms with Crippen molar-refractivity contribution in [2.24, 2.45) is 17.6 Å². The molecule has 2 aliphatic carbocycles. The Balaban J connectivity index is 1.82. The summed E-state index contributed by atoms with van der Waals surface area (Å²) in [5.74, 6) is -1.82. The number of methoxy groups -OCH3 is 1. The fourth-order valence-electron chi connectivity index (χ4n) is 3.14. The molecule has 0 aliphatic heterocycles. The molecular formula is C13H23F2NO. The van der Waals surface area contributed by atoms with Crippen molar-refractivity contribution in [3.8, 4) is 0 Å². The Labute approximate surface area is 102 Å². The van der Waals surface area contributed by atoms with E-state index in [4.69, 9.17) is 10.5 Å². The van der Waals surface area contributed by atoms with Crippen molar-refractivity contribution >= 4 is 0 Å². The molecule has 0 saturated heterocycles. The monoisotopic (exact) mass is 247 g/mol. The van der Waals surface area contributed by atoms with Gasteiger partial charge in [0.25, 0.3) is 0 Å². The van der Waals surface area contributed by atoms with E-state index in [0.29, 0.717) is 18.8 Å². The van der Waals surface area contributed by atoms with Crippen LogP contribution in [0.5, 0.6) is 0 Å². The maximum Gasteiger partial charge on any atom is 0.248 e. The van der Waals surface area contributed by atoms with Crippen LogP contribution < -0.4 is 5.73 Å². The highest BCUT2D eigenvalue weighted by Gasteiger charge is 2.40. The summed E-state index contributed by atoms with van der Waals surface area (Å²) in [5, 5.41) is 0. The number of rotatable bonds is 5. The number of hydrogen-bond acceptors (Lipinski definition) is 2. The zero-order valence-electron chi connectivity index (χ0n) is 10.5. The molecule has 0 amide bonds. The Morgan fingerprint density at radius 1 is 1.35 bits per heavy atom. The second kappa shape index (κ2) is 5.19. The van der Waals surface area contributed by atoms with Gasteiger partial charge >= 0.3 is 0 Å². The molecule has 0 aromatic heterocycles. The molecule has 3 atom stereocenters. The molecule has 0 heterocycles. The molecule has 4 heteroatoms. The second-order valence-electron chi connectivity index (χ2n) is 5.76. The van der Waals surface area contributed by atoms with Crippen molar-refractivity contribution in [3.63, 3.8) is 0 Å². The molecule has 2 N–H and O–H groups in total. The third-order valence-electron chi connectivity index (χ3n) is 4.13. The van der Waals surface area contributed by atoms with Gasteiger partial charge in [-0.2, -0.15) is 0 Å². The van der Waals surface area contributed by atoms with Crippen LogP contribution in [-0.2, 0) is 4.74 Å². The van der Waals surface area contributed by atoms with Gasteiger partial charge in [-0.15, -0.1) is 0 Å². The fourth-order valence-corrected chi connectivity index (χ4v) is 3.14. The van der Waals surface area contributed by atoms with Crippen LogP contribution in [0.3, 0.4) is 0 Å². The van der Waals surface area contributed by atoms with Crippen molar-refractivity contribution in [1.29, 1.82) is 0 Å². The second-order valence-corrected chi connectivity index (χ2v) is 5.76. The van der Waals surface area contributed by atoms with Gasteiger partial charge < -0.3 is 10.5 Å². The molecule has 2 fully saturated rings. The van der Waals surface area contributed by atoms with Gasteiger partial charge in [0, 0.05) is 26.0 Å². The minimum atomic E-state index is -2.47. The van der Waals surface area contributed by atoms with Crippen LogP contribution in [0.1, 0.15) is 44.9 Å². The lowest BCUT2D eigenvalue weighted by Crippen LogP contribution is -2.40. The highest BCUT2D eigenvalue weighted by molar-refractivity contribution is 4.91. The first-order valence-electron chi connectivity index (χ1n) is 6.68. The van der Waals surface area contributed by atoms with Crippen molar-refractivity contribution in [2.75, 3.05) is 7.11 Å². The van der Waals surface area contributed by atoms with Gasteiger partial charge in [-0.3, -0.25) is 0 Å². The SMILES string of the molecule is COC(C(N)CC1CCCC(F)(F)C1)C1CC1. The van der Waals surface area contributed by atoms with Gasteiger partial charge in [-0.25, -0.2) is 8.78 Å². The van der Waals surface area contributed by atoms with Gasteiger partial charge in [-0.1, -0.05) is 0 Å². The lowest BCUT2D eigenvalue weighted by molar-refractivity contribution is -0.0573. The van der Waals surface area contributed by atoms with Crippen molar-refractivity contribution in [3.05, 3.63) is 0 Å². The first kappa shape index (κ1) is 13.2. The summed E-state index contributed by atoms with van der Waals surface area (Å²) in [6.07, 6.45) is 4.70. The topological polar surface area (TPSA) is 35.2 Å². The Morgan fingerprint density at radius 2 is 2.06 bits per heavy atom. The average molecular weight is 247 g/mol. The molecule has 2 nitrogen and oxygen atoms in total. The Hall–Kier alpha value is -0.220. The summed E-state index contributed by atoms with van der Waals surface area (Å²) in [6, 6.07) is -0.0774. The molecule has 2 aliphatic rings. The van der Waals surface area contributed by atoms with E-state index in [1.807, 2.05) is 0 Å². The Morgan fingerprint density at radius 3 is 2.59 bits per heavy atom. The predicted octanol–water partition coefficient (Wildman–Crippen LogP) is 2.95. The molecule has 3 unspecified atom stereocenters. The number of ether oxygens (including phenoxy) is 1. The quantitative estimate of drug-likeness (QED) is 0.810. The molecule has 17 heavy (non-hydrogen) atoms. The molecule has 0 spiro atoms. The highest BCUT2D eigenvalue weighted by atomic mass is 19.3. The van der Waals surface area contributed by atoms with E-state index in [9.17, 15) is 8.78 Å². The maximum atomic E-state index is 13.3. The summed E-state index contributed by atoms with van der Waals surface area (Å²) < 4.78 is 32.0. The normalized spacial score (nSPS) is 32.1. The Kier molecular flexibility index (Phi) is 4.03. The van der Waals surface area contributed by atoms with Gasteiger partial charge in [0.05, 0.1) is 6.10 Å². The van der Waals surface area contributed by atoms with Gasteiger partial charge in [0.2, 0.25) is 5.92 Å². The van der Waals surface area contributed by atoms with Gasteiger partial charge in [-0.05, 0) is 43.9 Å². The van der Waals surface area contributed by atoms with Crippen LogP contribution in [0, 0.1) is 11.8 Å². The summed E-state index contributed by atoms with van der Waals surface area (Å²) in [4.78, 5) is 0. The van der Waals surface area contributed by atoms with Crippen LogP contribution in [-0.4, -0.2) is 25.2 Å². The van der Waals surface area contributed by atoms with E-state index < -0.39 is 5.92 Å². The van der Waals surface area contributed by atoms with E-state index in [2.05, 4.69) is 0 Å².